The first kappa shape index (κ1) is 16.4. The maximum absolute atomic E-state index is 12.2. The molecule has 0 radical (unpaired) electrons. The summed E-state index contributed by atoms with van der Waals surface area (Å²) in [5, 5.41) is 0. The summed E-state index contributed by atoms with van der Waals surface area (Å²) in [7, 11) is -3.45. The molecule has 3 N–H and O–H groups in total. The molecule has 0 heterocycles. The van der Waals surface area contributed by atoms with Gasteiger partial charge in [-0.25, -0.2) is 13.1 Å². The van der Waals surface area contributed by atoms with Crippen molar-refractivity contribution in [1.82, 2.24) is 4.72 Å². The average Bonchev–Trinajstić information content (AvgIpc) is 3.13. The second-order valence-electron chi connectivity index (χ2n) is 5.05. The van der Waals surface area contributed by atoms with Crippen LogP contribution >= 0.6 is 12.4 Å². The molecule has 1 atom stereocenters. The number of sulfonamides is 1. The maximum atomic E-state index is 12.2. The van der Waals surface area contributed by atoms with Gasteiger partial charge in [0.25, 0.3) is 0 Å². The van der Waals surface area contributed by atoms with Gasteiger partial charge in [0.2, 0.25) is 10.0 Å². The summed E-state index contributed by atoms with van der Waals surface area (Å²) in [6, 6.07) is 5.05. The van der Waals surface area contributed by atoms with Crippen LogP contribution in [0, 0.1) is 19.8 Å². The van der Waals surface area contributed by atoms with Crippen molar-refractivity contribution in [2.45, 2.75) is 37.6 Å². The Bertz CT molecular complexity index is 542. The normalized spacial score (nSPS) is 16.8. The van der Waals surface area contributed by atoms with Crippen LogP contribution in [-0.4, -0.2) is 21.0 Å². The first-order chi connectivity index (χ1) is 8.44. The Hall–Kier alpha value is -0.620. The second kappa shape index (κ2) is 6.22. The minimum absolute atomic E-state index is 0. The highest BCUT2D eigenvalue weighted by atomic mass is 35.5. The minimum atomic E-state index is -3.45. The zero-order valence-corrected chi connectivity index (χ0v) is 12.9. The zero-order chi connectivity index (χ0) is 13.3. The molecule has 6 heteroatoms. The number of benzene rings is 1. The van der Waals surface area contributed by atoms with E-state index in [1.165, 1.54) is 0 Å². The van der Waals surface area contributed by atoms with E-state index < -0.39 is 10.0 Å². The van der Waals surface area contributed by atoms with Crippen molar-refractivity contribution < 1.29 is 8.42 Å². The van der Waals surface area contributed by atoms with E-state index in [4.69, 9.17) is 5.73 Å². The first-order valence-electron chi connectivity index (χ1n) is 6.23. The maximum Gasteiger partial charge on any atom is 0.240 e. The average molecular weight is 305 g/mol. The van der Waals surface area contributed by atoms with Gasteiger partial charge >= 0.3 is 0 Å². The van der Waals surface area contributed by atoms with E-state index in [1.54, 1.807) is 12.1 Å². The Labute approximate surface area is 121 Å². The molecule has 108 valence electrons. The van der Waals surface area contributed by atoms with Gasteiger partial charge in [-0.2, -0.15) is 0 Å². The predicted octanol–water partition coefficient (Wildman–Crippen LogP) is 1.74. The topological polar surface area (TPSA) is 72.2 Å². The molecule has 1 aromatic carbocycles. The first-order valence-corrected chi connectivity index (χ1v) is 7.72. The lowest BCUT2D eigenvalue weighted by Crippen LogP contribution is -2.41. The van der Waals surface area contributed by atoms with E-state index in [-0.39, 0.29) is 18.4 Å². The smallest absolute Gasteiger partial charge is 0.240 e. The molecule has 0 bridgehead atoms. The third kappa shape index (κ3) is 3.92. The quantitative estimate of drug-likeness (QED) is 0.870. The highest BCUT2D eigenvalue weighted by Crippen LogP contribution is 2.32. The summed E-state index contributed by atoms with van der Waals surface area (Å²) in [6.45, 7) is 4.23. The van der Waals surface area contributed by atoms with Gasteiger partial charge in [0.1, 0.15) is 0 Å². The van der Waals surface area contributed by atoms with Gasteiger partial charge in [-0.05, 0) is 55.9 Å². The van der Waals surface area contributed by atoms with Crippen molar-refractivity contribution in [1.29, 1.82) is 0 Å². The van der Waals surface area contributed by atoms with Crippen molar-refractivity contribution in [3.8, 4) is 0 Å². The molecule has 1 aromatic rings. The summed E-state index contributed by atoms with van der Waals surface area (Å²) >= 11 is 0. The molecule has 0 saturated heterocycles. The number of hydrogen-bond donors (Lipinski definition) is 2. The molecule has 1 fully saturated rings. The summed E-state index contributed by atoms with van der Waals surface area (Å²) in [6.07, 6.45) is 2.13. The van der Waals surface area contributed by atoms with Gasteiger partial charge in [0, 0.05) is 12.6 Å². The van der Waals surface area contributed by atoms with Crippen LogP contribution in [0.2, 0.25) is 0 Å². The van der Waals surface area contributed by atoms with Crippen LogP contribution in [0.4, 0.5) is 0 Å². The van der Waals surface area contributed by atoms with Crippen molar-refractivity contribution >= 4 is 22.4 Å². The summed E-state index contributed by atoms with van der Waals surface area (Å²) in [4.78, 5) is 0.324. The van der Waals surface area contributed by atoms with Crippen molar-refractivity contribution in [2.24, 2.45) is 11.7 Å². The van der Waals surface area contributed by atoms with Crippen LogP contribution in [0.3, 0.4) is 0 Å². The molecule has 1 saturated carbocycles. The van der Waals surface area contributed by atoms with Crippen LogP contribution < -0.4 is 10.5 Å². The molecule has 1 aliphatic carbocycles. The van der Waals surface area contributed by atoms with E-state index in [9.17, 15) is 8.42 Å². The van der Waals surface area contributed by atoms with Gasteiger partial charge in [-0.1, -0.05) is 6.07 Å². The molecule has 4 nitrogen and oxygen atoms in total. The Morgan fingerprint density at radius 1 is 1.32 bits per heavy atom. The summed E-state index contributed by atoms with van der Waals surface area (Å²) in [5.74, 6) is 0.413. The van der Waals surface area contributed by atoms with E-state index >= 15 is 0 Å². The molecule has 2 rings (SSSR count). The Morgan fingerprint density at radius 2 is 1.95 bits per heavy atom. The monoisotopic (exact) mass is 304 g/mol. The fourth-order valence-electron chi connectivity index (χ4n) is 1.98. The van der Waals surface area contributed by atoms with Gasteiger partial charge in [0.15, 0.2) is 0 Å². The van der Waals surface area contributed by atoms with Gasteiger partial charge < -0.3 is 5.73 Å². The van der Waals surface area contributed by atoms with Crippen LogP contribution in [0.15, 0.2) is 23.1 Å². The third-order valence-electron chi connectivity index (χ3n) is 3.54. The number of hydrogen-bond acceptors (Lipinski definition) is 3. The fraction of sp³-hybridized carbons (Fsp3) is 0.538. The van der Waals surface area contributed by atoms with Gasteiger partial charge in [-0.3, -0.25) is 0 Å². The lowest BCUT2D eigenvalue weighted by Gasteiger charge is -2.16. The molecular weight excluding hydrogens is 284 g/mol. The van der Waals surface area contributed by atoms with Crippen LogP contribution in [-0.2, 0) is 10.0 Å². The van der Waals surface area contributed by atoms with Crippen LogP contribution in [0.25, 0.3) is 0 Å². The highest BCUT2D eigenvalue weighted by Gasteiger charge is 2.33. The number of halogens is 1. The largest absolute Gasteiger partial charge is 0.329 e. The zero-order valence-electron chi connectivity index (χ0n) is 11.2. The molecule has 1 unspecified atom stereocenters. The van der Waals surface area contributed by atoms with Crippen LogP contribution in [0.5, 0.6) is 0 Å². The molecule has 0 aromatic heterocycles. The minimum Gasteiger partial charge on any atom is -0.329 e. The van der Waals surface area contributed by atoms with Crippen molar-refractivity contribution in [3.05, 3.63) is 29.3 Å². The van der Waals surface area contributed by atoms with E-state index in [0.717, 1.165) is 24.0 Å². The van der Waals surface area contributed by atoms with E-state index in [1.807, 2.05) is 19.9 Å². The van der Waals surface area contributed by atoms with Crippen molar-refractivity contribution in [2.75, 3.05) is 6.54 Å². The standard InChI is InChI=1S/C13H20N2O2S.ClH/c1-9-3-6-12(7-10(9)2)18(16,17)15-13(8-14)11-4-5-11;/h3,6-7,11,13,15H,4-5,8,14H2,1-2H3;1H. The molecule has 0 spiro atoms. The third-order valence-corrected chi connectivity index (χ3v) is 5.03. The fourth-order valence-corrected chi connectivity index (χ4v) is 3.39. The Balaban J connectivity index is 0.00000180. The molecule has 19 heavy (non-hydrogen) atoms. The molecule has 0 aliphatic heterocycles. The summed E-state index contributed by atoms with van der Waals surface area (Å²) in [5.41, 5.74) is 7.70. The molecule has 1 aliphatic rings. The number of aryl methyl sites for hydroxylation is 2. The highest BCUT2D eigenvalue weighted by molar-refractivity contribution is 7.89. The van der Waals surface area contributed by atoms with Crippen molar-refractivity contribution in [3.63, 3.8) is 0 Å². The molecule has 0 amide bonds. The van der Waals surface area contributed by atoms with Gasteiger partial charge in [-0.15, -0.1) is 12.4 Å². The van der Waals surface area contributed by atoms with Gasteiger partial charge in [0.05, 0.1) is 4.90 Å². The lowest BCUT2D eigenvalue weighted by molar-refractivity contribution is 0.519. The molecular formula is C13H21ClN2O2S. The second-order valence-corrected chi connectivity index (χ2v) is 6.76. The van der Waals surface area contributed by atoms with Crippen LogP contribution in [0.1, 0.15) is 24.0 Å². The predicted molar refractivity (Wildman–Crippen MR) is 79.1 cm³/mol. The van der Waals surface area contributed by atoms with E-state index in [2.05, 4.69) is 4.72 Å². The Kier molecular flexibility index (Phi) is 5.38. The number of nitrogens with one attached hydrogen (secondary N) is 1. The van der Waals surface area contributed by atoms with E-state index in [0.29, 0.717) is 17.4 Å². The lowest BCUT2D eigenvalue weighted by atomic mass is 10.1. The Morgan fingerprint density at radius 3 is 2.42 bits per heavy atom. The summed E-state index contributed by atoms with van der Waals surface area (Å²) < 4.78 is 27.2. The number of nitrogens with two attached hydrogens (primary N) is 1. The SMILES string of the molecule is Cc1ccc(S(=O)(=O)NC(CN)C2CC2)cc1C.Cl. The number of rotatable bonds is 5.